The van der Waals surface area contributed by atoms with Gasteiger partial charge in [-0.1, -0.05) is 0 Å². The number of hydrogen-bond donors (Lipinski definition) is 2. The summed E-state index contributed by atoms with van der Waals surface area (Å²) in [5, 5.41) is 9.72. The maximum atomic E-state index is 13.5. The number of ketones is 1. The smallest absolute Gasteiger partial charge is 0.295 e. The minimum atomic E-state index is -0.650. The van der Waals surface area contributed by atoms with E-state index in [1.807, 2.05) is 4.90 Å². The van der Waals surface area contributed by atoms with Crippen molar-refractivity contribution in [2.75, 3.05) is 31.1 Å². The highest BCUT2D eigenvalue weighted by molar-refractivity contribution is 6.44. The van der Waals surface area contributed by atoms with Crippen LogP contribution in [-0.2, 0) is 4.79 Å². The highest BCUT2D eigenvalue weighted by Crippen LogP contribution is 2.21. The van der Waals surface area contributed by atoms with E-state index < -0.39 is 17.5 Å². The van der Waals surface area contributed by atoms with Crippen molar-refractivity contribution in [3.05, 3.63) is 54.1 Å². The lowest BCUT2D eigenvalue weighted by Gasteiger charge is -2.35. The van der Waals surface area contributed by atoms with Crippen LogP contribution in [0.1, 0.15) is 10.4 Å². The Kier molecular flexibility index (Phi) is 4.23. The molecule has 1 fully saturated rings. The summed E-state index contributed by atoms with van der Waals surface area (Å²) in [6, 6.07) is 7.35. The van der Waals surface area contributed by atoms with Gasteiger partial charge in [0.25, 0.3) is 11.7 Å². The molecule has 3 heterocycles. The zero-order chi connectivity index (χ0) is 19.0. The van der Waals surface area contributed by atoms with E-state index in [0.717, 1.165) is 0 Å². The third-order valence-electron chi connectivity index (χ3n) is 4.71. The van der Waals surface area contributed by atoms with Crippen LogP contribution in [0.4, 0.5) is 10.2 Å². The van der Waals surface area contributed by atoms with Crippen LogP contribution in [0.3, 0.4) is 0 Å². The molecule has 1 saturated heterocycles. The maximum absolute atomic E-state index is 13.5. The molecule has 4 rings (SSSR count). The monoisotopic (exact) mass is 368 g/mol. The molecule has 7 nitrogen and oxygen atoms in total. The van der Waals surface area contributed by atoms with E-state index >= 15 is 0 Å². The van der Waals surface area contributed by atoms with Gasteiger partial charge >= 0.3 is 0 Å². The number of nitrogens with one attached hydrogen (secondary N) is 1. The molecule has 0 spiro atoms. The topological polar surface area (TPSA) is 89.5 Å². The zero-order valence-electron chi connectivity index (χ0n) is 14.4. The summed E-state index contributed by atoms with van der Waals surface area (Å²) in [6.07, 6.45) is 2.81. The Hall–Kier alpha value is -3.42. The second-order valence-corrected chi connectivity index (χ2v) is 6.38. The molecule has 27 heavy (non-hydrogen) atoms. The molecule has 0 bridgehead atoms. The quantitative estimate of drug-likeness (QED) is 0.545. The molecule has 0 aliphatic carbocycles. The van der Waals surface area contributed by atoms with Gasteiger partial charge in [0.15, 0.2) is 0 Å². The number of H-pyrrole nitrogens is 1. The van der Waals surface area contributed by atoms with Crippen LogP contribution < -0.4 is 4.90 Å². The second kappa shape index (κ2) is 6.71. The number of fused-ring (bicyclic) bond motifs is 1. The number of hydrogen-bond acceptors (Lipinski definition) is 5. The summed E-state index contributed by atoms with van der Waals surface area (Å²) < 4.78 is 13.5. The van der Waals surface area contributed by atoms with Crippen molar-refractivity contribution >= 4 is 28.4 Å². The third-order valence-corrected chi connectivity index (χ3v) is 4.71. The average Bonchev–Trinajstić information content (AvgIpc) is 3.10. The first-order valence-electron chi connectivity index (χ1n) is 8.53. The summed E-state index contributed by atoms with van der Waals surface area (Å²) in [5.41, 5.74) is 0.785. The summed E-state index contributed by atoms with van der Waals surface area (Å²) in [5.74, 6) is -0.910. The number of amides is 1. The van der Waals surface area contributed by atoms with Crippen molar-refractivity contribution in [3.63, 3.8) is 0 Å². The van der Waals surface area contributed by atoms with E-state index in [-0.39, 0.29) is 11.3 Å². The molecule has 0 atom stereocenters. The molecule has 1 aromatic carbocycles. The lowest BCUT2D eigenvalue weighted by Crippen LogP contribution is -2.50. The zero-order valence-corrected chi connectivity index (χ0v) is 14.4. The number of anilines is 1. The van der Waals surface area contributed by atoms with Gasteiger partial charge in [-0.3, -0.25) is 9.59 Å². The van der Waals surface area contributed by atoms with Gasteiger partial charge in [-0.25, -0.2) is 9.37 Å². The fraction of sp³-hybridized carbons (Fsp3) is 0.211. The van der Waals surface area contributed by atoms with E-state index in [1.54, 1.807) is 12.1 Å². The van der Waals surface area contributed by atoms with Crippen LogP contribution in [0.15, 0.2) is 42.7 Å². The molecule has 1 aliphatic heterocycles. The fourth-order valence-electron chi connectivity index (χ4n) is 3.24. The largest absolute Gasteiger partial charge is 0.506 e. The van der Waals surface area contributed by atoms with Crippen molar-refractivity contribution in [1.82, 2.24) is 14.9 Å². The maximum Gasteiger partial charge on any atom is 0.295 e. The van der Waals surface area contributed by atoms with Crippen molar-refractivity contribution in [2.45, 2.75) is 0 Å². The van der Waals surface area contributed by atoms with Gasteiger partial charge < -0.3 is 19.9 Å². The number of carbonyl (C=O) groups excluding carboxylic acids is 2. The molecule has 1 aliphatic rings. The Morgan fingerprint density at radius 2 is 1.89 bits per heavy atom. The Labute approximate surface area is 154 Å². The summed E-state index contributed by atoms with van der Waals surface area (Å²) in [7, 11) is 0. The highest BCUT2D eigenvalue weighted by Gasteiger charge is 2.28. The first-order chi connectivity index (χ1) is 13.0. The number of aromatic amines is 1. The molecule has 138 valence electrons. The van der Waals surface area contributed by atoms with Gasteiger partial charge in [0.05, 0.1) is 11.8 Å². The van der Waals surface area contributed by atoms with Gasteiger partial charge in [-0.05, 0) is 30.3 Å². The Balaban J connectivity index is 1.46. The van der Waals surface area contributed by atoms with Crippen molar-refractivity contribution in [1.29, 1.82) is 0 Å². The summed E-state index contributed by atoms with van der Waals surface area (Å²) in [4.78, 5) is 35.8. The summed E-state index contributed by atoms with van der Waals surface area (Å²) >= 11 is 0. The average molecular weight is 368 g/mol. The first kappa shape index (κ1) is 17.0. The predicted octanol–water partition coefficient (Wildman–Crippen LogP) is 1.94. The predicted molar refractivity (Wildman–Crippen MR) is 97.3 cm³/mol. The second-order valence-electron chi connectivity index (χ2n) is 6.38. The van der Waals surface area contributed by atoms with Gasteiger partial charge in [0, 0.05) is 43.3 Å². The van der Waals surface area contributed by atoms with Crippen LogP contribution in [0, 0.1) is 5.82 Å². The molecule has 8 heteroatoms. The Morgan fingerprint density at radius 1 is 1.11 bits per heavy atom. The van der Waals surface area contributed by atoms with Gasteiger partial charge in [0.1, 0.15) is 17.4 Å². The van der Waals surface area contributed by atoms with E-state index in [4.69, 9.17) is 0 Å². The SMILES string of the molecule is O=C(C(=O)N1CCN(c2ccc(O)cn2)CC1)c1c[nH]c2ccc(F)cc12. The van der Waals surface area contributed by atoms with Crippen molar-refractivity contribution in [3.8, 4) is 5.75 Å². The Morgan fingerprint density at radius 3 is 2.59 bits per heavy atom. The first-order valence-corrected chi connectivity index (χ1v) is 8.53. The number of carbonyl (C=O) groups is 2. The normalized spacial score (nSPS) is 14.6. The molecule has 0 saturated carbocycles. The number of pyridine rings is 1. The van der Waals surface area contributed by atoms with Crippen LogP contribution >= 0.6 is 0 Å². The van der Waals surface area contributed by atoms with E-state index in [0.29, 0.717) is 42.9 Å². The summed E-state index contributed by atoms with van der Waals surface area (Å²) in [6.45, 7) is 1.81. The highest BCUT2D eigenvalue weighted by atomic mass is 19.1. The lowest BCUT2D eigenvalue weighted by molar-refractivity contribution is -0.126. The van der Waals surface area contributed by atoms with Crippen LogP contribution in [0.5, 0.6) is 5.75 Å². The van der Waals surface area contributed by atoms with E-state index in [1.165, 1.54) is 35.5 Å². The van der Waals surface area contributed by atoms with Gasteiger partial charge in [0.2, 0.25) is 0 Å². The van der Waals surface area contributed by atoms with Crippen molar-refractivity contribution < 1.29 is 19.1 Å². The van der Waals surface area contributed by atoms with Crippen LogP contribution in [0.2, 0.25) is 0 Å². The Bertz CT molecular complexity index is 1010. The number of piperazine rings is 1. The molecule has 2 aromatic heterocycles. The molecule has 2 N–H and O–H groups in total. The van der Waals surface area contributed by atoms with Gasteiger partial charge in [-0.15, -0.1) is 0 Å². The van der Waals surface area contributed by atoms with Crippen LogP contribution in [-0.4, -0.2) is 57.8 Å². The molecule has 1 amide bonds. The minimum Gasteiger partial charge on any atom is -0.506 e. The molecule has 0 radical (unpaired) electrons. The fourth-order valence-corrected chi connectivity index (χ4v) is 3.24. The number of aromatic hydroxyl groups is 1. The molecule has 0 unspecified atom stereocenters. The van der Waals surface area contributed by atoms with E-state index in [2.05, 4.69) is 9.97 Å². The number of Topliss-reactive ketones (excluding diaryl/α,β-unsaturated/α-hetero) is 1. The van der Waals surface area contributed by atoms with Crippen molar-refractivity contribution in [2.24, 2.45) is 0 Å². The molecular weight excluding hydrogens is 351 g/mol. The standard InChI is InChI=1S/C19H17FN4O3/c20-12-1-3-16-14(9-12)15(11-21-16)18(26)19(27)24-7-5-23(6-8-24)17-4-2-13(25)10-22-17/h1-4,9-11,21,25H,5-8H2. The lowest BCUT2D eigenvalue weighted by atomic mass is 10.1. The number of aromatic nitrogens is 2. The third kappa shape index (κ3) is 3.21. The number of rotatable bonds is 3. The van der Waals surface area contributed by atoms with Crippen LogP contribution in [0.25, 0.3) is 10.9 Å². The van der Waals surface area contributed by atoms with Gasteiger partial charge in [-0.2, -0.15) is 0 Å². The van der Waals surface area contributed by atoms with E-state index in [9.17, 15) is 19.1 Å². The number of nitrogens with zero attached hydrogens (tertiary/aromatic N) is 3. The minimum absolute atomic E-state index is 0.0910. The number of halogens is 1. The molecular formula is C19H17FN4O3. The molecule has 3 aromatic rings. The number of benzene rings is 1.